The van der Waals surface area contributed by atoms with E-state index in [0.29, 0.717) is 21.8 Å². The van der Waals surface area contributed by atoms with Crippen LogP contribution in [0.3, 0.4) is 0 Å². The maximum absolute atomic E-state index is 13.0. The van der Waals surface area contributed by atoms with E-state index in [1.54, 1.807) is 47.3 Å². The van der Waals surface area contributed by atoms with E-state index in [9.17, 15) is 4.79 Å². The van der Waals surface area contributed by atoms with Gasteiger partial charge in [-0.15, -0.1) is 11.3 Å². The Morgan fingerprint density at radius 1 is 1.15 bits per heavy atom. The first-order valence-electron chi connectivity index (χ1n) is 7.85. The molecule has 0 fully saturated rings. The SMILES string of the molecule is N#Cc1ccc(-c2c(C=Cc3cccnc3)nc3sccn3c2=O)cc1. The topological polar surface area (TPSA) is 71.1 Å². The molecule has 0 N–H and O–H groups in total. The summed E-state index contributed by atoms with van der Waals surface area (Å²) in [4.78, 5) is 22.4. The van der Waals surface area contributed by atoms with Gasteiger partial charge in [0.15, 0.2) is 4.96 Å². The van der Waals surface area contributed by atoms with Gasteiger partial charge in [0.05, 0.1) is 22.9 Å². The molecule has 0 spiro atoms. The molecule has 0 atom stereocenters. The number of hydrogen-bond donors (Lipinski definition) is 0. The van der Waals surface area contributed by atoms with Crippen LogP contribution in [0.15, 0.2) is 65.2 Å². The minimum atomic E-state index is -0.133. The molecule has 0 amide bonds. The fourth-order valence-corrected chi connectivity index (χ4v) is 3.36. The highest BCUT2D eigenvalue weighted by atomic mass is 32.1. The number of benzene rings is 1. The molecule has 0 saturated heterocycles. The normalized spacial score (nSPS) is 11.0. The van der Waals surface area contributed by atoms with Gasteiger partial charge in [-0.2, -0.15) is 5.26 Å². The molecule has 3 aromatic heterocycles. The molecule has 0 aliphatic carbocycles. The van der Waals surface area contributed by atoms with Gasteiger partial charge in [-0.1, -0.05) is 24.3 Å². The molecule has 0 bridgehead atoms. The van der Waals surface area contributed by atoms with Crippen LogP contribution < -0.4 is 5.56 Å². The van der Waals surface area contributed by atoms with Crippen LogP contribution in [0.4, 0.5) is 0 Å². The lowest BCUT2D eigenvalue weighted by Gasteiger charge is -2.06. The molecule has 0 saturated carbocycles. The first-order valence-corrected chi connectivity index (χ1v) is 8.73. The summed E-state index contributed by atoms with van der Waals surface area (Å²) in [7, 11) is 0. The van der Waals surface area contributed by atoms with Crippen molar-refractivity contribution in [1.82, 2.24) is 14.4 Å². The van der Waals surface area contributed by atoms with Gasteiger partial charge in [0.1, 0.15) is 0 Å². The molecule has 4 rings (SSSR count). The van der Waals surface area contributed by atoms with Crippen LogP contribution in [0.2, 0.25) is 0 Å². The van der Waals surface area contributed by atoms with Crippen molar-refractivity contribution < 1.29 is 0 Å². The highest BCUT2D eigenvalue weighted by molar-refractivity contribution is 7.15. The van der Waals surface area contributed by atoms with Crippen molar-refractivity contribution in [3.05, 3.63) is 87.5 Å². The van der Waals surface area contributed by atoms with E-state index in [1.165, 1.54) is 11.3 Å². The zero-order valence-corrected chi connectivity index (χ0v) is 14.4. The molecule has 0 radical (unpaired) electrons. The average molecular weight is 356 g/mol. The summed E-state index contributed by atoms with van der Waals surface area (Å²) in [5.74, 6) is 0. The summed E-state index contributed by atoms with van der Waals surface area (Å²) in [6.45, 7) is 0. The zero-order valence-electron chi connectivity index (χ0n) is 13.5. The van der Waals surface area contributed by atoms with Gasteiger partial charge < -0.3 is 0 Å². The predicted octanol–water partition coefficient (Wildman–Crippen LogP) is 3.86. The Morgan fingerprint density at radius 3 is 2.73 bits per heavy atom. The Kier molecular flexibility index (Phi) is 4.14. The summed E-state index contributed by atoms with van der Waals surface area (Å²) < 4.78 is 1.54. The van der Waals surface area contributed by atoms with E-state index in [-0.39, 0.29) is 5.56 Å². The van der Waals surface area contributed by atoms with E-state index in [0.717, 1.165) is 11.1 Å². The van der Waals surface area contributed by atoms with E-state index in [2.05, 4.69) is 16.0 Å². The Morgan fingerprint density at radius 2 is 2.00 bits per heavy atom. The number of thiazole rings is 1. The van der Waals surface area contributed by atoms with Crippen LogP contribution in [0, 0.1) is 11.3 Å². The Balaban J connectivity index is 1.91. The van der Waals surface area contributed by atoms with E-state index >= 15 is 0 Å². The standard InChI is InChI=1S/C20H12N4OS/c21-12-14-3-6-16(7-4-14)18-17(8-5-15-2-1-9-22-13-15)23-20-24(19(18)25)10-11-26-20/h1-11,13H. The van der Waals surface area contributed by atoms with Crippen LogP contribution >= 0.6 is 11.3 Å². The van der Waals surface area contributed by atoms with Gasteiger partial charge >= 0.3 is 0 Å². The minimum absolute atomic E-state index is 0.133. The molecule has 4 aromatic rings. The molecule has 0 aliphatic heterocycles. The number of fused-ring (bicyclic) bond motifs is 1. The van der Waals surface area contributed by atoms with Crippen LogP contribution in [0.1, 0.15) is 16.8 Å². The fraction of sp³-hybridized carbons (Fsp3) is 0. The first kappa shape index (κ1) is 15.9. The fourth-order valence-electron chi connectivity index (χ4n) is 2.65. The maximum Gasteiger partial charge on any atom is 0.266 e. The van der Waals surface area contributed by atoms with Gasteiger partial charge in [0.25, 0.3) is 5.56 Å². The zero-order chi connectivity index (χ0) is 17.9. The molecule has 5 nitrogen and oxygen atoms in total. The molecule has 0 unspecified atom stereocenters. The summed E-state index contributed by atoms with van der Waals surface area (Å²) >= 11 is 1.41. The lowest BCUT2D eigenvalue weighted by Crippen LogP contribution is -2.16. The second kappa shape index (κ2) is 6.75. The maximum atomic E-state index is 13.0. The molecule has 6 heteroatoms. The second-order valence-corrected chi connectivity index (χ2v) is 6.41. The number of nitriles is 1. The van der Waals surface area contributed by atoms with E-state index in [4.69, 9.17) is 5.26 Å². The van der Waals surface area contributed by atoms with Gasteiger partial charge in [-0.25, -0.2) is 4.98 Å². The summed E-state index contributed by atoms with van der Waals surface area (Å²) in [5, 5.41) is 10.8. The average Bonchev–Trinajstić information content (AvgIpc) is 3.16. The molecule has 0 aliphatic rings. The van der Waals surface area contributed by atoms with Crippen molar-refractivity contribution in [2.24, 2.45) is 0 Å². The van der Waals surface area contributed by atoms with Gasteiger partial charge in [-0.05, 0) is 35.4 Å². The van der Waals surface area contributed by atoms with Crippen LogP contribution in [-0.2, 0) is 0 Å². The minimum Gasteiger partial charge on any atom is -0.268 e. The van der Waals surface area contributed by atoms with Crippen molar-refractivity contribution in [1.29, 1.82) is 5.26 Å². The third kappa shape index (κ3) is 2.92. The van der Waals surface area contributed by atoms with Gasteiger partial charge in [0, 0.05) is 24.0 Å². The monoisotopic (exact) mass is 356 g/mol. The number of aromatic nitrogens is 3. The van der Waals surface area contributed by atoms with Crippen LogP contribution in [0.5, 0.6) is 0 Å². The molecular weight excluding hydrogens is 344 g/mol. The predicted molar refractivity (Wildman–Crippen MR) is 103 cm³/mol. The lowest BCUT2D eigenvalue weighted by molar-refractivity contribution is 1.07. The largest absolute Gasteiger partial charge is 0.268 e. The van der Waals surface area contributed by atoms with E-state index in [1.807, 2.05) is 29.7 Å². The summed E-state index contributed by atoms with van der Waals surface area (Å²) in [6.07, 6.45) is 8.88. The van der Waals surface area contributed by atoms with Crippen molar-refractivity contribution in [3.63, 3.8) is 0 Å². The molecule has 1 aromatic carbocycles. The smallest absolute Gasteiger partial charge is 0.266 e. The molecule has 26 heavy (non-hydrogen) atoms. The quantitative estimate of drug-likeness (QED) is 0.559. The van der Waals surface area contributed by atoms with Crippen molar-refractivity contribution in [3.8, 4) is 17.2 Å². The lowest BCUT2D eigenvalue weighted by atomic mass is 10.0. The Labute approximate surface area is 153 Å². The first-order chi connectivity index (χ1) is 12.8. The molecule has 3 heterocycles. The summed E-state index contributed by atoms with van der Waals surface area (Å²) in [6, 6.07) is 12.8. The third-order valence-electron chi connectivity index (χ3n) is 3.92. The van der Waals surface area contributed by atoms with E-state index < -0.39 is 0 Å². The van der Waals surface area contributed by atoms with Gasteiger partial charge in [0.2, 0.25) is 0 Å². The highest BCUT2D eigenvalue weighted by Crippen LogP contribution is 2.23. The number of nitrogens with zero attached hydrogens (tertiary/aromatic N) is 4. The number of rotatable bonds is 3. The van der Waals surface area contributed by atoms with Crippen molar-refractivity contribution in [2.45, 2.75) is 0 Å². The third-order valence-corrected chi connectivity index (χ3v) is 4.67. The molecule has 124 valence electrons. The van der Waals surface area contributed by atoms with Gasteiger partial charge in [-0.3, -0.25) is 14.2 Å². The second-order valence-electron chi connectivity index (χ2n) is 5.54. The highest BCUT2D eigenvalue weighted by Gasteiger charge is 2.14. The van der Waals surface area contributed by atoms with Crippen LogP contribution in [0.25, 0.3) is 28.2 Å². The van der Waals surface area contributed by atoms with Crippen LogP contribution in [-0.4, -0.2) is 14.4 Å². The van der Waals surface area contributed by atoms with Crippen molar-refractivity contribution in [2.75, 3.05) is 0 Å². The summed E-state index contributed by atoms with van der Waals surface area (Å²) in [5.41, 5.74) is 3.16. The number of pyridine rings is 1. The molecular formula is C20H12N4OS. The Bertz CT molecular complexity index is 1200. The van der Waals surface area contributed by atoms with Crippen molar-refractivity contribution >= 4 is 28.4 Å². The number of hydrogen-bond acceptors (Lipinski definition) is 5. The Hall–Kier alpha value is -3.56.